The molecule has 8 nitrogen and oxygen atoms in total. The topological polar surface area (TPSA) is 111 Å². The maximum Gasteiger partial charge on any atom is 0.253 e. The fraction of sp³-hybridized carbons (Fsp3) is 0.455. The number of benzene rings is 2. The van der Waals surface area contributed by atoms with Gasteiger partial charge in [0.15, 0.2) is 0 Å². The number of sulfonamides is 1. The number of nitrogens with zero attached hydrogens (tertiary/aromatic N) is 4. The number of ketones is 1. The lowest BCUT2D eigenvalue weighted by atomic mass is 9.73. The van der Waals surface area contributed by atoms with Crippen molar-refractivity contribution >= 4 is 33.1 Å². The number of amides is 1. The van der Waals surface area contributed by atoms with Gasteiger partial charge in [-0.2, -0.15) is 9.57 Å². The fourth-order valence-corrected chi connectivity index (χ4v) is 8.44. The van der Waals surface area contributed by atoms with Crippen molar-refractivity contribution in [3.8, 4) is 27.1 Å². The second kappa shape index (κ2) is 12.1. The fourth-order valence-electron chi connectivity index (χ4n) is 6.46. The van der Waals surface area contributed by atoms with Crippen molar-refractivity contribution in [1.82, 2.24) is 14.2 Å². The normalized spacial score (nSPS) is 21.9. The first-order chi connectivity index (χ1) is 21.1. The molecule has 2 atom stereocenters. The van der Waals surface area contributed by atoms with Gasteiger partial charge in [-0.05, 0) is 67.6 Å². The zero-order valence-corrected chi connectivity index (χ0v) is 26.3. The van der Waals surface area contributed by atoms with Crippen molar-refractivity contribution in [2.45, 2.75) is 50.9 Å². The first-order valence-corrected chi connectivity index (χ1v) is 17.8. The predicted octanol–water partition coefficient (Wildman–Crippen LogP) is 5.87. The number of aromatic nitrogens is 1. The highest BCUT2D eigenvalue weighted by Gasteiger charge is 2.47. The summed E-state index contributed by atoms with van der Waals surface area (Å²) in [6.45, 7) is 1.21. The molecule has 3 aliphatic rings. The van der Waals surface area contributed by atoms with E-state index >= 15 is 0 Å². The predicted molar refractivity (Wildman–Crippen MR) is 167 cm³/mol. The Kier molecular flexibility index (Phi) is 8.44. The second-order valence-electron chi connectivity index (χ2n) is 12.3. The molecule has 1 aliphatic heterocycles. The summed E-state index contributed by atoms with van der Waals surface area (Å²) in [5, 5.41) is 10.4. The van der Waals surface area contributed by atoms with E-state index in [4.69, 9.17) is 4.98 Å². The third kappa shape index (κ3) is 6.34. The first kappa shape index (κ1) is 30.6. The van der Waals surface area contributed by atoms with Crippen LogP contribution in [0.1, 0.15) is 66.9 Å². The quantitative estimate of drug-likeness (QED) is 0.307. The standard InChI is InChI=1S/C33H35FN4O4S2/c1-44(41,42)38-18-16-37(17-19-38)32(40)24-8-6-22(7-9-24)30-29(36-31(43-30)23-10-12-25(34)13-11-23)27-5-3-2-4-26(27)28(39)20-33(21-35)14-15-33/h6-13,26-27H,2-5,14-20H2,1H3/t26-,27-/m1/s1. The summed E-state index contributed by atoms with van der Waals surface area (Å²) in [6.07, 6.45) is 6.58. The van der Waals surface area contributed by atoms with Crippen LogP contribution < -0.4 is 0 Å². The van der Waals surface area contributed by atoms with Gasteiger partial charge in [0.05, 0.1) is 28.3 Å². The molecule has 3 fully saturated rings. The van der Waals surface area contributed by atoms with Crippen LogP contribution in [0.15, 0.2) is 48.5 Å². The molecule has 230 valence electrons. The Labute approximate surface area is 261 Å². The monoisotopic (exact) mass is 634 g/mol. The summed E-state index contributed by atoms with van der Waals surface area (Å²) in [5.41, 5.74) is 2.55. The average molecular weight is 635 g/mol. The van der Waals surface area contributed by atoms with E-state index in [0.717, 1.165) is 65.2 Å². The smallest absolute Gasteiger partial charge is 0.253 e. The van der Waals surface area contributed by atoms with Crippen molar-refractivity contribution in [1.29, 1.82) is 5.26 Å². The molecule has 0 unspecified atom stereocenters. The van der Waals surface area contributed by atoms with Crippen molar-refractivity contribution in [3.05, 3.63) is 65.6 Å². The van der Waals surface area contributed by atoms with E-state index < -0.39 is 15.4 Å². The van der Waals surface area contributed by atoms with E-state index in [-0.39, 0.29) is 42.4 Å². The Morgan fingerprint density at radius 1 is 1.00 bits per heavy atom. The van der Waals surface area contributed by atoms with Crippen LogP contribution in [-0.2, 0) is 14.8 Å². The van der Waals surface area contributed by atoms with Crippen LogP contribution in [-0.4, -0.2) is 66.7 Å². The summed E-state index contributed by atoms with van der Waals surface area (Å²) >= 11 is 1.50. The largest absolute Gasteiger partial charge is 0.336 e. The molecule has 3 aromatic rings. The van der Waals surface area contributed by atoms with Crippen LogP contribution in [0, 0.1) is 28.5 Å². The Balaban J connectivity index is 1.30. The van der Waals surface area contributed by atoms with Crippen molar-refractivity contribution in [3.63, 3.8) is 0 Å². The number of carbonyl (C=O) groups is 2. The number of rotatable bonds is 8. The lowest BCUT2D eigenvalue weighted by molar-refractivity contribution is -0.125. The van der Waals surface area contributed by atoms with Gasteiger partial charge in [-0.3, -0.25) is 9.59 Å². The van der Waals surface area contributed by atoms with Crippen LogP contribution in [0.3, 0.4) is 0 Å². The van der Waals surface area contributed by atoms with Crippen LogP contribution in [0.4, 0.5) is 4.39 Å². The van der Waals surface area contributed by atoms with Crippen LogP contribution in [0.2, 0.25) is 0 Å². The summed E-state index contributed by atoms with van der Waals surface area (Å²) in [5.74, 6) is -0.617. The Morgan fingerprint density at radius 3 is 2.25 bits per heavy atom. The number of Topliss-reactive ketones (excluding diaryl/α,β-unsaturated/α-hetero) is 1. The molecule has 2 saturated carbocycles. The molecule has 1 aromatic heterocycles. The van der Waals surface area contributed by atoms with Crippen LogP contribution in [0.5, 0.6) is 0 Å². The van der Waals surface area contributed by atoms with E-state index in [1.54, 1.807) is 29.2 Å². The maximum atomic E-state index is 13.7. The average Bonchev–Trinajstić information content (AvgIpc) is 3.67. The molecule has 0 N–H and O–H groups in total. The Bertz CT molecular complexity index is 1700. The Hall–Kier alpha value is -3.46. The van der Waals surface area contributed by atoms with E-state index in [2.05, 4.69) is 6.07 Å². The number of hydrogen-bond acceptors (Lipinski definition) is 7. The summed E-state index contributed by atoms with van der Waals surface area (Å²) < 4.78 is 38.8. The number of thiazole rings is 1. The minimum atomic E-state index is -3.29. The van der Waals surface area contributed by atoms with Crippen molar-refractivity contribution in [2.24, 2.45) is 11.3 Å². The molecule has 0 bridgehead atoms. The summed E-state index contributed by atoms with van der Waals surface area (Å²) in [7, 11) is -3.29. The van der Waals surface area contributed by atoms with Crippen molar-refractivity contribution in [2.75, 3.05) is 32.4 Å². The molecule has 1 amide bonds. The highest BCUT2D eigenvalue weighted by atomic mass is 32.2. The number of piperazine rings is 1. The molecular weight excluding hydrogens is 600 g/mol. The van der Waals surface area contributed by atoms with E-state index in [0.29, 0.717) is 25.1 Å². The molecule has 1 saturated heterocycles. The van der Waals surface area contributed by atoms with Crippen molar-refractivity contribution < 1.29 is 22.4 Å². The number of halogens is 1. The van der Waals surface area contributed by atoms with Gasteiger partial charge >= 0.3 is 0 Å². The summed E-state index contributed by atoms with van der Waals surface area (Å²) in [6, 6.07) is 16.0. The van der Waals surface area contributed by atoms with Gasteiger partial charge < -0.3 is 4.90 Å². The van der Waals surface area contributed by atoms with Gasteiger partial charge in [0.2, 0.25) is 10.0 Å². The first-order valence-electron chi connectivity index (χ1n) is 15.1. The molecule has 0 radical (unpaired) electrons. The third-order valence-corrected chi connectivity index (χ3v) is 11.7. The SMILES string of the molecule is CS(=O)(=O)N1CCN(C(=O)c2ccc(-c3sc(-c4ccc(F)cc4)nc3[C@@H]3CCCC[C@H]3C(=O)CC3(C#N)CC3)cc2)CC1. The van der Waals surface area contributed by atoms with Gasteiger partial charge in [-0.1, -0.05) is 25.0 Å². The molecule has 6 rings (SSSR count). The second-order valence-corrected chi connectivity index (χ2v) is 15.3. The minimum absolute atomic E-state index is 0.0846. The van der Waals surface area contributed by atoms with Gasteiger partial charge in [0.1, 0.15) is 16.6 Å². The molecular formula is C33H35FN4O4S2. The molecule has 44 heavy (non-hydrogen) atoms. The molecule has 2 aliphatic carbocycles. The molecule has 2 aromatic carbocycles. The Morgan fingerprint density at radius 2 is 1.64 bits per heavy atom. The number of hydrogen-bond donors (Lipinski definition) is 0. The minimum Gasteiger partial charge on any atom is -0.336 e. The molecule has 11 heteroatoms. The zero-order valence-electron chi connectivity index (χ0n) is 24.7. The third-order valence-electron chi connectivity index (χ3n) is 9.27. The molecule has 0 spiro atoms. The highest BCUT2D eigenvalue weighted by Crippen LogP contribution is 2.51. The lowest BCUT2D eigenvalue weighted by Gasteiger charge is -2.33. The van der Waals surface area contributed by atoms with Crippen LogP contribution in [0.25, 0.3) is 21.0 Å². The number of carbonyl (C=O) groups excluding carboxylic acids is 2. The van der Waals surface area contributed by atoms with Gasteiger partial charge in [-0.15, -0.1) is 11.3 Å². The lowest BCUT2D eigenvalue weighted by Crippen LogP contribution is -2.50. The van der Waals surface area contributed by atoms with Gasteiger partial charge in [0.25, 0.3) is 5.91 Å². The van der Waals surface area contributed by atoms with E-state index in [1.807, 2.05) is 12.1 Å². The molecule has 2 heterocycles. The van der Waals surface area contributed by atoms with Crippen LogP contribution >= 0.6 is 11.3 Å². The van der Waals surface area contributed by atoms with Gasteiger partial charge in [0, 0.05) is 55.6 Å². The zero-order chi connectivity index (χ0) is 31.1. The number of nitriles is 1. The van der Waals surface area contributed by atoms with E-state index in [1.165, 1.54) is 34.0 Å². The maximum absolute atomic E-state index is 13.7. The van der Waals surface area contributed by atoms with E-state index in [9.17, 15) is 27.7 Å². The summed E-state index contributed by atoms with van der Waals surface area (Å²) in [4.78, 5) is 34.5. The van der Waals surface area contributed by atoms with Gasteiger partial charge in [-0.25, -0.2) is 17.8 Å². The highest BCUT2D eigenvalue weighted by molar-refractivity contribution is 7.88.